The van der Waals surface area contributed by atoms with Crippen LogP contribution in [0.1, 0.15) is 27.6 Å². The van der Waals surface area contributed by atoms with Crippen molar-refractivity contribution in [2.24, 2.45) is 5.73 Å². The molecular weight excluding hydrogens is 460 g/mol. The molecule has 0 aliphatic heterocycles. The number of nitrogens with two attached hydrogens (primary N) is 1. The van der Waals surface area contributed by atoms with Gasteiger partial charge in [0.15, 0.2) is 11.6 Å². The van der Waals surface area contributed by atoms with Crippen LogP contribution in [0, 0.1) is 23.3 Å². The Labute approximate surface area is 186 Å². The number of rotatable bonds is 6. The van der Waals surface area contributed by atoms with E-state index in [0.29, 0.717) is 12.1 Å². The van der Waals surface area contributed by atoms with Crippen molar-refractivity contribution in [3.05, 3.63) is 70.8 Å². The van der Waals surface area contributed by atoms with Crippen LogP contribution in [0.4, 0.5) is 17.6 Å². The number of benzene rings is 2. The van der Waals surface area contributed by atoms with E-state index in [0.717, 1.165) is 24.3 Å². The van der Waals surface area contributed by atoms with E-state index in [1.165, 1.54) is 6.92 Å². The van der Waals surface area contributed by atoms with Crippen molar-refractivity contribution in [2.75, 3.05) is 19.7 Å². The molecule has 0 atom stereocenters. The lowest BCUT2D eigenvalue weighted by molar-refractivity contribution is -0.154. The van der Waals surface area contributed by atoms with Crippen LogP contribution >= 0.6 is 12.4 Å². The smallest absolute Gasteiger partial charge is 0.396 e. The normalized spacial score (nSPS) is 9.56. The third kappa shape index (κ3) is 8.82. The van der Waals surface area contributed by atoms with Gasteiger partial charge in [-0.05, 0) is 31.2 Å². The molecule has 0 aliphatic carbocycles. The lowest BCUT2D eigenvalue weighted by Crippen LogP contribution is -2.36. The van der Waals surface area contributed by atoms with Crippen LogP contribution < -0.4 is 11.1 Å². The Balaban J connectivity index is 0.000000639. The van der Waals surface area contributed by atoms with Gasteiger partial charge in [0.2, 0.25) is 0 Å². The van der Waals surface area contributed by atoms with Crippen LogP contribution in [0.3, 0.4) is 0 Å². The Morgan fingerprint density at radius 2 is 1.34 bits per heavy atom. The van der Waals surface area contributed by atoms with E-state index >= 15 is 0 Å². The predicted octanol–water partition coefficient (Wildman–Crippen LogP) is 2.35. The molecular formula is C20H19ClF4N2O5. The number of hydrogen-bond acceptors (Lipinski definition) is 6. The summed E-state index contributed by atoms with van der Waals surface area (Å²) in [5.74, 6) is -6.97. The van der Waals surface area contributed by atoms with E-state index in [-0.39, 0.29) is 36.7 Å². The number of ether oxygens (including phenoxy) is 1. The highest BCUT2D eigenvalue weighted by molar-refractivity contribution is 6.32. The van der Waals surface area contributed by atoms with Gasteiger partial charge in [0.1, 0.15) is 23.3 Å². The van der Waals surface area contributed by atoms with E-state index in [1.54, 1.807) is 0 Å². The van der Waals surface area contributed by atoms with Crippen LogP contribution in [0.2, 0.25) is 0 Å². The molecule has 0 bridgehead atoms. The van der Waals surface area contributed by atoms with Gasteiger partial charge in [-0.2, -0.15) is 0 Å². The maximum absolute atomic E-state index is 13.2. The first-order valence-electron chi connectivity index (χ1n) is 8.72. The molecule has 32 heavy (non-hydrogen) atoms. The Kier molecular flexibility index (Phi) is 12.4. The predicted molar refractivity (Wildman–Crippen MR) is 107 cm³/mol. The Morgan fingerprint density at radius 3 is 1.75 bits per heavy atom. The van der Waals surface area contributed by atoms with Crippen LogP contribution in [-0.2, 0) is 14.3 Å². The first-order chi connectivity index (χ1) is 14.6. The molecule has 3 N–H and O–H groups in total. The van der Waals surface area contributed by atoms with E-state index < -0.39 is 53.3 Å². The number of hydrogen-bond donors (Lipinski definition) is 2. The SMILES string of the molecule is CCOC(=O)C(=O)NCC(=O)c1ccc(F)cc1F.Cl.NCC(=O)c1ccc(F)cc1F. The zero-order valence-electron chi connectivity index (χ0n) is 16.6. The summed E-state index contributed by atoms with van der Waals surface area (Å²) in [5, 5.41) is 1.98. The summed E-state index contributed by atoms with van der Waals surface area (Å²) in [4.78, 5) is 44.4. The first kappa shape index (κ1) is 28.7. The van der Waals surface area contributed by atoms with Gasteiger partial charge in [0.25, 0.3) is 0 Å². The molecule has 1 amide bonds. The van der Waals surface area contributed by atoms with Crippen molar-refractivity contribution in [1.82, 2.24) is 5.32 Å². The number of Topliss-reactive ketones (excluding diaryl/α,β-unsaturated/α-hetero) is 2. The Bertz CT molecular complexity index is 988. The first-order valence-corrected chi connectivity index (χ1v) is 8.72. The van der Waals surface area contributed by atoms with Crippen molar-refractivity contribution in [3.63, 3.8) is 0 Å². The third-order valence-corrected chi connectivity index (χ3v) is 3.52. The van der Waals surface area contributed by atoms with E-state index in [9.17, 15) is 36.7 Å². The minimum atomic E-state index is -1.13. The van der Waals surface area contributed by atoms with Crippen molar-refractivity contribution in [3.8, 4) is 0 Å². The summed E-state index contributed by atoms with van der Waals surface area (Å²) in [5.41, 5.74) is 4.46. The molecule has 12 heteroatoms. The van der Waals surface area contributed by atoms with E-state index in [2.05, 4.69) is 4.74 Å². The molecule has 0 aromatic heterocycles. The Hall–Kier alpha value is -3.31. The van der Waals surface area contributed by atoms with Crippen molar-refractivity contribution >= 4 is 35.9 Å². The minimum Gasteiger partial charge on any atom is -0.459 e. The highest BCUT2D eigenvalue weighted by Gasteiger charge is 2.18. The molecule has 2 rings (SSSR count). The maximum atomic E-state index is 13.2. The maximum Gasteiger partial charge on any atom is 0.396 e. The van der Waals surface area contributed by atoms with Gasteiger partial charge in [0, 0.05) is 12.1 Å². The van der Waals surface area contributed by atoms with Crippen molar-refractivity contribution < 1.29 is 41.5 Å². The second-order valence-electron chi connectivity index (χ2n) is 5.70. The van der Waals surface area contributed by atoms with Gasteiger partial charge in [0.05, 0.1) is 30.8 Å². The standard InChI is InChI=1S/C12H11F2NO4.C8H7F2NO.ClH/c1-2-19-12(18)11(17)15-6-10(16)8-4-3-7(13)5-9(8)14;9-5-1-2-6(7(10)3-5)8(12)4-11;/h3-5H,2,6H2,1H3,(H,15,17);1-3H,4,11H2;1H. The average Bonchev–Trinajstić information content (AvgIpc) is 2.72. The van der Waals surface area contributed by atoms with Gasteiger partial charge < -0.3 is 15.8 Å². The molecule has 2 aromatic carbocycles. The summed E-state index contributed by atoms with van der Waals surface area (Å²) in [6, 6.07) is 5.20. The summed E-state index contributed by atoms with van der Waals surface area (Å²) in [6.07, 6.45) is 0. The van der Waals surface area contributed by atoms with Gasteiger partial charge >= 0.3 is 11.9 Å². The van der Waals surface area contributed by atoms with Gasteiger partial charge in [-0.15, -0.1) is 12.4 Å². The molecule has 0 fully saturated rings. The van der Waals surface area contributed by atoms with E-state index in [1.807, 2.05) is 5.32 Å². The topological polar surface area (TPSA) is 116 Å². The third-order valence-electron chi connectivity index (χ3n) is 3.52. The zero-order valence-corrected chi connectivity index (χ0v) is 17.4. The highest BCUT2D eigenvalue weighted by atomic mass is 35.5. The molecule has 7 nitrogen and oxygen atoms in total. The summed E-state index contributed by atoms with van der Waals surface area (Å²) >= 11 is 0. The molecule has 0 aliphatic rings. The fourth-order valence-corrected chi connectivity index (χ4v) is 2.07. The number of amides is 1. The van der Waals surface area contributed by atoms with Gasteiger partial charge in [-0.3, -0.25) is 14.4 Å². The molecule has 0 heterocycles. The second-order valence-corrected chi connectivity index (χ2v) is 5.70. The number of halogens is 5. The fraction of sp³-hybridized carbons (Fsp3) is 0.200. The number of esters is 1. The molecule has 0 spiro atoms. The summed E-state index contributed by atoms with van der Waals surface area (Å²) in [6.45, 7) is 0.680. The highest BCUT2D eigenvalue weighted by Crippen LogP contribution is 2.10. The van der Waals surface area contributed by atoms with Crippen LogP contribution in [-0.4, -0.2) is 43.1 Å². The van der Waals surface area contributed by atoms with Crippen LogP contribution in [0.15, 0.2) is 36.4 Å². The second kappa shape index (κ2) is 13.9. The molecule has 2 aromatic rings. The van der Waals surface area contributed by atoms with Gasteiger partial charge in [-0.25, -0.2) is 22.4 Å². The van der Waals surface area contributed by atoms with Gasteiger partial charge in [-0.1, -0.05) is 0 Å². The number of carbonyl (C=O) groups excluding carboxylic acids is 4. The lowest BCUT2D eigenvalue weighted by atomic mass is 10.1. The summed E-state index contributed by atoms with van der Waals surface area (Å²) < 4.78 is 55.4. The minimum absolute atomic E-state index is 0. The quantitative estimate of drug-likeness (QED) is 0.285. The molecule has 0 unspecified atom stereocenters. The van der Waals surface area contributed by atoms with Crippen LogP contribution in [0.25, 0.3) is 0 Å². The fourth-order valence-electron chi connectivity index (χ4n) is 2.07. The number of ketones is 2. The zero-order chi connectivity index (χ0) is 23.6. The van der Waals surface area contributed by atoms with Crippen molar-refractivity contribution in [1.29, 1.82) is 0 Å². The summed E-state index contributed by atoms with van der Waals surface area (Å²) in [7, 11) is 0. The molecule has 0 radical (unpaired) electrons. The largest absolute Gasteiger partial charge is 0.459 e. The molecule has 0 saturated heterocycles. The number of carbonyl (C=O) groups is 4. The van der Waals surface area contributed by atoms with E-state index in [4.69, 9.17) is 5.73 Å². The van der Waals surface area contributed by atoms with Crippen molar-refractivity contribution in [2.45, 2.75) is 6.92 Å². The lowest BCUT2D eigenvalue weighted by Gasteiger charge is -2.05. The average molecular weight is 479 g/mol. The number of nitrogens with one attached hydrogen (secondary N) is 1. The molecule has 174 valence electrons. The monoisotopic (exact) mass is 478 g/mol. The molecule has 0 saturated carbocycles. The Morgan fingerprint density at radius 1 is 0.875 bits per heavy atom. The van der Waals surface area contributed by atoms with Crippen LogP contribution in [0.5, 0.6) is 0 Å².